The Morgan fingerprint density at radius 2 is 1.67 bits per heavy atom. The van der Waals surface area contributed by atoms with Crippen LogP contribution in [0.2, 0.25) is 0 Å². The Labute approximate surface area is 178 Å². The maximum absolute atomic E-state index is 11.6. The third-order valence-electron chi connectivity index (χ3n) is 4.99. The van der Waals surface area contributed by atoms with Crippen molar-refractivity contribution in [3.8, 4) is 5.75 Å². The minimum absolute atomic E-state index is 0.172. The first-order valence-electron chi connectivity index (χ1n) is 10.1. The Kier molecular flexibility index (Phi) is 9.65. The molecule has 0 fully saturated rings. The zero-order chi connectivity index (χ0) is 21.8. The van der Waals surface area contributed by atoms with E-state index in [2.05, 4.69) is 12.2 Å². The molecule has 0 saturated heterocycles. The zero-order valence-corrected chi connectivity index (χ0v) is 17.9. The number of ether oxygens (including phenoxy) is 3. The van der Waals surface area contributed by atoms with Crippen LogP contribution in [0.3, 0.4) is 0 Å². The molecule has 0 heterocycles. The lowest BCUT2D eigenvalue weighted by atomic mass is 9.92. The molecule has 1 atom stereocenters. The molecule has 0 bridgehead atoms. The predicted molar refractivity (Wildman–Crippen MR) is 117 cm³/mol. The molecule has 0 spiro atoms. The molecule has 0 radical (unpaired) electrons. The van der Waals surface area contributed by atoms with Crippen LogP contribution in [0.5, 0.6) is 5.75 Å². The van der Waals surface area contributed by atoms with Crippen LogP contribution in [-0.4, -0.2) is 33.3 Å². The molecule has 0 aromatic heterocycles. The second-order valence-electron chi connectivity index (χ2n) is 7.08. The average Bonchev–Trinajstić information content (AvgIpc) is 2.79. The van der Waals surface area contributed by atoms with E-state index >= 15 is 0 Å². The number of para-hydroxylation sites is 1. The predicted octanol–water partition coefficient (Wildman–Crippen LogP) is 5.09. The summed E-state index contributed by atoms with van der Waals surface area (Å²) in [6.45, 7) is 0. The Balaban J connectivity index is 2.08. The molecule has 30 heavy (non-hydrogen) atoms. The van der Waals surface area contributed by atoms with Gasteiger partial charge in [0.15, 0.2) is 0 Å². The summed E-state index contributed by atoms with van der Waals surface area (Å²) < 4.78 is 14.9. The van der Waals surface area contributed by atoms with Crippen molar-refractivity contribution in [3.63, 3.8) is 0 Å². The van der Waals surface area contributed by atoms with Crippen LogP contribution in [0.15, 0.2) is 54.6 Å². The summed E-state index contributed by atoms with van der Waals surface area (Å²) >= 11 is 0. The van der Waals surface area contributed by atoms with Crippen LogP contribution in [-0.2, 0) is 20.7 Å². The van der Waals surface area contributed by atoms with Gasteiger partial charge in [-0.05, 0) is 48.9 Å². The quantitative estimate of drug-likeness (QED) is 0.381. The molecule has 1 unspecified atom stereocenters. The van der Waals surface area contributed by atoms with E-state index in [0.717, 1.165) is 42.6 Å². The SMILES string of the molecule is COC(=O)CCCCC(/C=C/c1ccccc1OC)Cc1ccc(C(=O)OC)cc1. The number of carbonyl (C=O) groups is 2. The zero-order valence-electron chi connectivity index (χ0n) is 17.9. The average molecular weight is 411 g/mol. The number of rotatable bonds is 11. The van der Waals surface area contributed by atoms with Gasteiger partial charge in [0, 0.05) is 12.0 Å². The minimum Gasteiger partial charge on any atom is -0.496 e. The maximum Gasteiger partial charge on any atom is 0.337 e. The lowest BCUT2D eigenvalue weighted by Crippen LogP contribution is -2.05. The molecule has 2 aromatic carbocycles. The number of hydrogen-bond donors (Lipinski definition) is 0. The van der Waals surface area contributed by atoms with E-state index in [1.54, 1.807) is 19.2 Å². The van der Waals surface area contributed by atoms with Crippen LogP contribution < -0.4 is 4.74 Å². The van der Waals surface area contributed by atoms with E-state index in [9.17, 15) is 9.59 Å². The Hall–Kier alpha value is -3.08. The first-order valence-corrected chi connectivity index (χ1v) is 10.1. The van der Waals surface area contributed by atoms with Gasteiger partial charge in [0.2, 0.25) is 0 Å². The highest BCUT2D eigenvalue weighted by molar-refractivity contribution is 5.89. The van der Waals surface area contributed by atoms with Gasteiger partial charge in [0.25, 0.3) is 0 Å². The molecule has 0 aliphatic rings. The van der Waals surface area contributed by atoms with Crippen molar-refractivity contribution in [1.29, 1.82) is 0 Å². The summed E-state index contributed by atoms with van der Waals surface area (Å²) in [6, 6.07) is 15.4. The van der Waals surface area contributed by atoms with Crippen molar-refractivity contribution in [3.05, 3.63) is 71.3 Å². The second-order valence-corrected chi connectivity index (χ2v) is 7.08. The molecule has 5 heteroatoms. The van der Waals surface area contributed by atoms with Gasteiger partial charge in [-0.15, -0.1) is 0 Å². The van der Waals surface area contributed by atoms with E-state index in [4.69, 9.17) is 14.2 Å². The smallest absolute Gasteiger partial charge is 0.337 e. The molecule has 5 nitrogen and oxygen atoms in total. The monoisotopic (exact) mass is 410 g/mol. The van der Waals surface area contributed by atoms with Crippen molar-refractivity contribution >= 4 is 18.0 Å². The molecule has 2 rings (SSSR count). The fraction of sp³-hybridized carbons (Fsp3) is 0.360. The Bertz CT molecular complexity index is 839. The molecule has 0 amide bonds. The van der Waals surface area contributed by atoms with Crippen LogP contribution in [0.1, 0.15) is 47.2 Å². The number of allylic oxidation sites excluding steroid dienone is 1. The lowest BCUT2D eigenvalue weighted by molar-refractivity contribution is -0.140. The number of hydrogen-bond acceptors (Lipinski definition) is 5. The van der Waals surface area contributed by atoms with Gasteiger partial charge in [-0.1, -0.05) is 48.9 Å². The molecule has 160 valence electrons. The fourth-order valence-electron chi connectivity index (χ4n) is 3.29. The number of unbranched alkanes of at least 4 members (excludes halogenated alkanes) is 1. The number of methoxy groups -OCH3 is 3. The standard InChI is InChI=1S/C25H30O5/c1-28-23-10-6-5-9-21(23)15-12-19(8-4-7-11-24(26)29-2)18-20-13-16-22(17-14-20)25(27)30-3/h5-6,9-10,12-17,19H,4,7-8,11,18H2,1-3H3/b15-12+. The molecule has 0 saturated carbocycles. The first kappa shape index (κ1) is 23.2. The topological polar surface area (TPSA) is 61.8 Å². The molecule has 2 aromatic rings. The third kappa shape index (κ3) is 7.39. The third-order valence-corrected chi connectivity index (χ3v) is 4.99. The summed E-state index contributed by atoms with van der Waals surface area (Å²) in [6.07, 6.45) is 8.24. The molecule has 0 aliphatic heterocycles. The summed E-state index contributed by atoms with van der Waals surface area (Å²) in [5.41, 5.74) is 2.71. The lowest BCUT2D eigenvalue weighted by Gasteiger charge is -2.14. The molecular formula is C25H30O5. The van der Waals surface area contributed by atoms with Gasteiger partial charge >= 0.3 is 11.9 Å². The number of benzene rings is 2. The highest BCUT2D eigenvalue weighted by Crippen LogP contribution is 2.23. The summed E-state index contributed by atoms with van der Waals surface area (Å²) in [5, 5.41) is 0. The van der Waals surface area contributed by atoms with Gasteiger partial charge in [-0.25, -0.2) is 4.79 Å². The van der Waals surface area contributed by atoms with Crippen molar-refractivity contribution < 1.29 is 23.8 Å². The van der Waals surface area contributed by atoms with Crippen molar-refractivity contribution in [1.82, 2.24) is 0 Å². The van der Waals surface area contributed by atoms with Gasteiger partial charge < -0.3 is 14.2 Å². The summed E-state index contributed by atoms with van der Waals surface area (Å²) in [4.78, 5) is 23.0. The van der Waals surface area contributed by atoms with Crippen LogP contribution in [0.4, 0.5) is 0 Å². The molecule has 0 N–H and O–H groups in total. The fourth-order valence-corrected chi connectivity index (χ4v) is 3.29. The van der Waals surface area contributed by atoms with Crippen LogP contribution in [0, 0.1) is 5.92 Å². The van der Waals surface area contributed by atoms with Crippen molar-refractivity contribution in [2.24, 2.45) is 5.92 Å². The van der Waals surface area contributed by atoms with Gasteiger partial charge in [-0.2, -0.15) is 0 Å². The van der Waals surface area contributed by atoms with Gasteiger partial charge in [0.1, 0.15) is 5.75 Å². The highest BCUT2D eigenvalue weighted by Gasteiger charge is 2.10. The minimum atomic E-state index is -0.336. The van der Waals surface area contributed by atoms with E-state index in [-0.39, 0.29) is 17.9 Å². The normalized spacial score (nSPS) is 11.8. The van der Waals surface area contributed by atoms with Crippen LogP contribution in [0.25, 0.3) is 6.08 Å². The van der Waals surface area contributed by atoms with Gasteiger partial charge in [-0.3, -0.25) is 4.79 Å². The first-order chi connectivity index (χ1) is 14.6. The van der Waals surface area contributed by atoms with Crippen molar-refractivity contribution in [2.75, 3.05) is 21.3 Å². The summed E-state index contributed by atoms with van der Waals surface area (Å²) in [7, 11) is 4.46. The van der Waals surface area contributed by atoms with E-state index in [1.807, 2.05) is 36.4 Å². The number of carbonyl (C=O) groups excluding carboxylic acids is 2. The van der Waals surface area contributed by atoms with Crippen LogP contribution >= 0.6 is 0 Å². The molecule has 0 aliphatic carbocycles. The highest BCUT2D eigenvalue weighted by atomic mass is 16.5. The Morgan fingerprint density at radius 1 is 0.933 bits per heavy atom. The maximum atomic E-state index is 11.6. The van der Waals surface area contributed by atoms with E-state index in [1.165, 1.54) is 14.2 Å². The summed E-state index contributed by atoms with van der Waals surface area (Å²) in [5.74, 6) is 0.614. The largest absolute Gasteiger partial charge is 0.496 e. The van der Waals surface area contributed by atoms with E-state index < -0.39 is 0 Å². The molecular weight excluding hydrogens is 380 g/mol. The van der Waals surface area contributed by atoms with Crippen molar-refractivity contribution in [2.45, 2.75) is 32.1 Å². The van der Waals surface area contributed by atoms with E-state index in [0.29, 0.717) is 12.0 Å². The second kappa shape index (κ2) is 12.5. The Morgan fingerprint density at radius 3 is 2.33 bits per heavy atom. The number of esters is 2. The van der Waals surface area contributed by atoms with Gasteiger partial charge in [0.05, 0.1) is 26.9 Å².